The lowest BCUT2D eigenvalue weighted by molar-refractivity contribution is -0.385. The molecule has 2 rings (SSSR count). The third kappa shape index (κ3) is 4.16. The molecule has 1 aromatic carbocycles. The van der Waals surface area contributed by atoms with Gasteiger partial charge in [0.25, 0.3) is 5.69 Å². The molecule has 0 saturated heterocycles. The summed E-state index contributed by atoms with van der Waals surface area (Å²) in [5.74, 6) is 0. The lowest BCUT2D eigenvalue weighted by Gasteiger charge is -2.26. The Morgan fingerprint density at radius 1 is 1.27 bits per heavy atom. The number of rotatable bonds is 4. The highest BCUT2D eigenvalue weighted by Gasteiger charge is 2.27. The van der Waals surface area contributed by atoms with E-state index in [1.165, 1.54) is 25.1 Å². The fraction of sp³-hybridized carbons (Fsp3) is 0.538. The first-order valence-corrected chi connectivity index (χ1v) is 8.31. The molecule has 0 amide bonds. The van der Waals surface area contributed by atoms with Gasteiger partial charge in [-0.05, 0) is 38.7 Å². The summed E-state index contributed by atoms with van der Waals surface area (Å²) in [6.45, 7) is 1.45. The van der Waals surface area contributed by atoms with E-state index in [-0.39, 0.29) is 40.6 Å². The molecule has 1 aromatic rings. The summed E-state index contributed by atoms with van der Waals surface area (Å²) < 4.78 is 27.5. The molecule has 3 N–H and O–H groups in total. The number of halogens is 1. The van der Waals surface area contributed by atoms with E-state index in [9.17, 15) is 18.5 Å². The van der Waals surface area contributed by atoms with Crippen LogP contribution in [0.15, 0.2) is 23.1 Å². The van der Waals surface area contributed by atoms with Crippen LogP contribution < -0.4 is 10.5 Å². The van der Waals surface area contributed by atoms with E-state index >= 15 is 0 Å². The Morgan fingerprint density at radius 2 is 1.86 bits per heavy atom. The third-order valence-corrected chi connectivity index (χ3v) is 5.50. The summed E-state index contributed by atoms with van der Waals surface area (Å²) in [5, 5.41) is 10.9. The van der Waals surface area contributed by atoms with Crippen LogP contribution in [0.5, 0.6) is 0 Å². The quantitative estimate of drug-likeness (QED) is 0.636. The topological polar surface area (TPSA) is 115 Å². The van der Waals surface area contributed by atoms with Crippen molar-refractivity contribution < 1.29 is 13.3 Å². The van der Waals surface area contributed by atoms with Crippen LogP contribution >= 0.6 is 12.4 Å². The van der Waals surface area contributed by atoms with Gasteiger partial charge >= 0.3 is 0 Å². The second kappa shape index (κ2) is 7.36. The van der Waals surface area contributed by atoms with Crippen molar-refractivity contribution in [1.82, 2.24) is 4.72 Å². The maximum atomic E-state index is 12.4. The van der Waals surface area contributed by atoms with E-state index in [0.717, 1.165) is 12.8 Å². The first-order chi connectivity index (χ1) is 9.81. The van der Waals surface area contributed by atoms with E-state index in [1.54, 1.807) is 0 Å². The van der Waals surface area contributed by atoms with Crippen LogP contribution in [0, 0.1) is 17.0 Å². The first kappa shape index (κ1) is 18.8. The Bertz CT molecular complexity index is 643. The molecule has 0 aliphatic heterocycles. The highest BCUT2D eigenvalue weighted by molar-refractivity contribution is 7.89. The SMILES string of the molecule is Cc1c([N+](=O)[O-])cccc1S(=O)(=O)NC1CCC(N)CC1.Cl. The van der Waals surface area contributed by atoms with Crippen molar-refractivity contribution >= 4 is 28.1 Å². The number of hydrogen-bond donors (Lipinski definition) is 2. The molecule has 1 fully saturated rings. The molecule has 0 spiro atoms. The van der Waals surface area contributed by atoms with E-state index in [1.807, 2.05) is 0 Å². The molecule has 0 atom stereocenters. The van der Waals surface area contributed by atoms with Crippen molar-refractivity contribution in [2.45, 2.75) is 49.6 Å². The average molecular weight is 350 g/mol. The van der Waals surface area contributed by atoms with E-state index in [0.29, 0.717) is 12.8 Å². The van der Waals surface area contributed by atoms with Gasteiger partial charge in [-0.2, -0.15) is 0 Å². The Hall–Kier alpha value is -1.22. The number of hydrogen-bond acceptors (Lipinski definition) is 5. The normalized spacial score (nSPS) is 21.9. The van der Waals surface area contributed by atoms with Gasteiger partial charge in [0.15, 0.2) is 0 Å². The lowest BCUT2D eigenvalue weighted by atomic mass is 9.93. The molecule has 1 aliphatic carbocycles. The maximum absolute atomic E-state index is 12.4. The highest BCUT2D eigenvalue weighted by Crippen LogP contribution is 2.26. The van der Waals surface area contributed by atoms with Gasteiger partial charge in [0.1, 0.15) is 0 Å². The zero-order chi connectivity index (χ0) is 15.6. The smallest absolute Gasteiger partial charge is 0.273 e. The molecule has 0 aromatic heterocycles. The predicted molar refractivity (Wildman–Crippen MR) is 85.6 cm³/mol. The van der Waals surface area contributed by atoms with Crippen LogP contribution in [-0.2, 0) is 10.0 Å². The summed E-state index contributed by atoms with van der Waals surface area (Å²) in [6, 6.07) is 4.04. The first-order valence-electron chi connectivity index (χ1n) is 6.83. The summed E-state index contributed by atoms with van der Waals surface area (Å²) in [5.41, 5.74) is 5.76. The molecule has 9 heteroatoms. The van der Waals surface area contributed by atoms with E-state index < -0.39 is 14.9 Å². The molecule has 0 heterocycles. The van der Waals surface area contributed by atoms with Gasteiger partial charge in [-0.3, -0.25) is 10.1 Å². The largest absolute Gasteiger partial charge is 0.328 e. The summed E-state index contributed by atoms with van der Waals surface area (Å²) in [4.78, 5) is 10.3. The second-order valence-corrected chi connectivity index (χ2v) is 7.07. The van der Waals surface area contributed by atoms with Gasteiger partial charge < -0.3 is 5.73 Å². The van der Waals surface area contributed by atoms with Gasteiger partial charge in [0.2, 0.25) is 10.0 Å². The van der Waals surface area contributed by atoms with Crippen molar-refractivity contribution in [3.05, 3.63) is 33.9 Å². The number of nitrogens with two attached hydrogens (primary N) is 1. The van der Waals surface area contributed by atoms with Crippen LogP contribution in [0.4, 0.5) is 5.69 Å². The van der Waals surface area contributed by atoms with Crippen molar-refractivity contribution in [2.75, 3.05) is 0 Å². The Labute approximate surface area is 135 Å². The molecule has 0 bridgehead atoms. The van der Waals surface area contributed by atoms with Gasteiger partial charge in [0.05, 0.1) is 9.82 Å². The van der Waals surface area contributed by atoms with Crippen molar-refractivity contribution in [3.63, 3.8) is 0 Å². The number of sulfonamides is 1. The van der Waals surface area contributed by atoms with Crippen LogP contribution in [0.2, 0.25) is 0 Å². The molecule has 124 valence electrons. The zero-order valence-corrected chi connectivity index (χ0v) is 13.8. The van der Waals surface area contributed by atoms with Gasteiger partial charge in [-0.1, -0.05) is 6.07 Å². The Morgan fingerprint density at radius 3 is 2.41 bits per heavy atom. The van der Waals surface area contributed by atoms with Crippen LogP contribution in [0.25, 0.3) is 0 Å². The minimum atomic E-state index is -3.76. The summed E-state index contributed by atoms with van der Waals surface area (Å²) in [7, 11) is -3.76. The van der Waals surface area contributed by atoms with Gasteiger partial charge in [-0.15, -0.1) is 12.4 Å². The third-order valence-electron chi connectivity index (χ3n) is 3.84. The minimum absolute atomic E-state index is 0. The van der Waals surface area contributed by atoms with E-state index in [4.69, 9.17) is 5.73 Å². The Balaban J connectivity index is 0.00000242. The lowest BCUT2D eigenvalue weighted by Crippen LogP contribution is -2.40. The minimum Gasteiger partial charge on any atom is -0.328 e. The Kier molecular flexibility index (Phi) is 6.30. The number of nitrogens with zero attached hydrogens (tertiary/aromatic N) is 1. The molecule has 0 radical (unpaired) electrons. The zero-order valence-electron chi connectivity index (χ0n) is 12.2. The van der Waals surface area contributed by atoms with Crippen LogP contribution in [0.1, 0.15) is 31.2 Å². The summed E-state index contributed by atoms with van der Waals surface area (Å²) in [6.07, 6.45) is 2.94. The number of benzene rings is 1. The fourth-order valence-corrected chi connectivity index (χ4v) is 4.18. The fourth-order valence-electron chi connectivity index (χ4n) is 2.61. The van der Waals surface area contributed by atoms with Gasteiger partial charge in [-0.25, -0.2) is 13.1 Å². The van der Waals surface area contributed by atoms with Crippen molar-refractivity contribution in [2.24, 2.45) is 5.73 Å². The molecular formula is C13H20ClN3O4S. The molecule has 1 aliphatic rings. The van der Waals surface area contributed by atoms with Crippen LogP contribution in [-0.4, -0.2) is 25.4 Å². The maximum Gasteiger partial charge on any atom is 0.273 e. The molecule has 22 heavy (non-hydrogen) atoms. The number of nitro benzene ring substituents is 1. The molecule has 0 unspecified atom stereocenters. The molecule has 7 nitrogen and oxygen atoms in total. The summed E-state index contributed by atoms with van der Waals surface area (Å²) >= 11 is 0. The number of nitro groups is 1. The van der Waals surface area contributed by atoms with Crippen LogP contribution in [0.3, 0.4) is 0 Å². The van der Waals surface area contributed by atoms with Crippen molar-refractivity contribution in [1.29, 1.82) is 0 Å². The predicted octanol–water partition coefficient (Wildman–Crippen LogP) is 1.87. The molecular weight excluding hydrogens is 330 g/mol. The highest BCUT2D eigenvalue weighted by atomic mass is 35.5. The second-order valence-electron chi connectivity index (χ2n) is 5.39. The average Bonchev–Trinajstić information content (AvgIpc) is 2.41. The monoisotopic (exact) mass is 349 g/mol. The standard InChI is InChI=1S/C13H19N3O4S.ClH/c1-9-12(16(17)18)3-2-4-13(9)21(19,20)15-11-7-5-10(14)6-8-11;/h2-4,10-11,15H,5-8,14H2,1H3;1H. The van der Waals surface area contributed by atoms with Gasteiger partial charge in [0, 0.05) is 23.7 Å². The number of nitrogens with one attached hydrogen (secondary N) is 1. The van der Waals surface area contributed by atoms with Crippen molar-refractivity contribution in [3.8, 4) is 0 Å². The van der Waals surface area contributed by atoms with E-state index in [2.05, 4.69) is 4.72 Å². The molecule has 1 saturated carbocycles.